The molecule has 1 saturated carbocycles. The Hall–Kier alpha value is -1.75. The molecule has 0 bridgehead atoms. The van der Waals surface area contributed by atoms with Crippen molar-refractivity contribution in [2.45, 2.75) is 31.0 Å². The van der Waals surface area contributed by atoms with E-state index in [-0.39, 0.29) is 11.9 Å². The van der Waals surface area contributed by atoms with Crippen LogP contribution in [0.4, 0.5) is 0 Å². The summed E-state index contributed by atoms with van der Waals surface area (Å²) in [6, 6.07) is 10.1. The van der Waals surface area contributed by atoms with Crippen molar-refractivity contribution >= 4 is 17.7 Å². The lowest BCUT2D eigenvalue weighted by molar-refractivity contribution is -0.119. The van der Waals surface area contributed by atoms with Gasteiger partial charge in [0.2, 0.25) is 5.91 Å². The van der Waals surface area contributed by atoms with Crippen LogP contribution in [0.2, 0.25) is 0 Å². The van der Waals surface area contributed by atoms with Gasteiger partial charge in [0.15, 0.2) is 5.76 Å². The molecule has 1 heterocycles. The Kier molecular flexibility index (Phi) is 4.29. The molecule has 1 amide bonds. The number of amides is 1. The Morgan fingerprint density at radius 1 is 1.43 bits per heavy atom. The van der Waals surface area contributed by atoms with E-state index < -0.39 is 0 Å². The molecule has 1 aromatic carbocycles. The van der Waals surface area contributed by atoms with Gasteiger partial charge in [-0.05, 0) is 25.7 Å². The molecule has 2 aromatic rings. The fourth-order valence-corrected chi connectivity index (χ4v) is 2.81. The van der Waals surface area contributed by atoms with E-state index in [0.29, 0.717) is 16.9 Å². The molecule has 0 spiro atoms. The van der Waals surface area contributed by atoms with Gasteiger partial charge in [-0.1, -0.05) is 42.1 Å². The van der Waals surface area contributed by atoms with E-state index in [2.05, 4.69) is 17.2 Å². The zero-order valence-electron chi connectivity index (χ0n) is 11.9. The maximum Gasteiger partial charge on any atom is 0.256 e. The number of hydrogen-bond acceptors (Lipinski definition) is 4. The second-order valence-electron chi connectivity index (χ2n) is 5.34. The summed E-state index contributed by atoms with van der Waals surface area (Å²) in [6.07, 6.45) is 4.16. The predicted octanol–water partition coefficient (Wildman–Crippen LogP) is 3.35. The normalized spacial score (nSPS) is 15.7. The standard InChI is InChI=1S/C16H18N2O2S/c1-11(12-7-8-12)18-15(19)10-21-16-17-9-14(20-16)13-5-3-2-4-6-13/h2-6,9,11-12H,7-8,10H2,1H3,(H,18,19)/t11-/m1/s1. The molecule has 1 aliphatic carbocycles. The van der Waals surface area contributed by atoms with Crippen LogP contribution in [0, 0.1) is 5.92 Å². The van der Waals surface area contributed by atoms with Crippen LogP contribution in [0.3, 0.4) is 0 Å². The van der Waals surface area contributed by atoms with Crippen molar-refractivity contribution in [1.82, 2.24) is 10.3 Å². The van der Waals surface area contributed by atoms with Crippen LogP contribution in [-0.2, 0) is 4.79 Å². The third kappa shape index (κ3) is 3.88. The number of benzene rings is 1. The highest BCUT2D eigenvalue weighted by Crippen LogP contribution is 2.32. The van der Waals surface area contributed by atoms with Gasteiger partial charge in [-0.25, -0.2) is 4.98 Å². The summed E-state index contributed by atoms with van der Waals surface area (Å²) in [5.41, 5.74) is 0.989. The van der Waals surface area contributed by atoms with E-state index in [1.165, 1.54) is 24.6 Å². The van der Waals surface area contributed by atoms with Gasteiger partial charge in [-0.15, -0.1) is 0 Å². The molecular weight excluding hydrogens is 284 g/mol. The highest BCUT2D eigenvalue weighted by Gasteiger charge is 2.28. The van der Waals surface area contributed by atoms with Crippen molar-refractivity contribution in [2.24, 2.45) is 5.92 Å². The van der Waals surface area contributed by atoms with Crippen LogP contribution in [-0.4, -0.2) is 22.7 Å². The first-order chi connectivity index (χ1) is 10.2. The van der Waals surface area contributed by atoms with Gasteiger partial charge in [0.05, 0.1) is 11.9 Å². The lowest BCUT2D eigenvalue weighted by Gasteiger charge is -2.11. The van der Waals surface area contributed by atoms with E-state index in [1.54, 1.807) is 6.20 Å². The molecule has 1 N–H and O–H groups in total. The molecule has 0 saturated heterocycles. The van der Waals surface area contributed by atoms with E-state index >= 15 is 0 Å². The summed E-state index contributed by atoms with van der Waals surface area (Å²) in [7, 11) is 0. The van der Waals surface area contributed by atoms with Gasteiger partial charge in [0.1, 0.15) is 0 Å². The lowest BCUT2D eigenvalue weighted by atomic mass is 10.2. The highest BCUT2D eigenvalue weighted by atomic mass is 32.2. The first-order valence-electron chi connectivity index (χ1n) is 7.16. The molecule has 0 aliphatic heterocycles. The summed E-state index contributed by atoms with van der Waals surface area (Å²) in [5.74, 6) is 1.78. The number of carbonyl (C=O) groups is 1. The van der Waals surface area contributed by atoms with Gasteiger partial charge < -0.3 is 9.73 Å². The third-order valence-corrected chi connectivity index (χ3v) is 4.43. The SMILES string of the molecule is C[C@@H](NC(=O)CSc1ncc(-c2ccccc2)o1)C1CC1. The highest BCUT2D eigenvalue weighted by molar-refractivity contribution is 7.99. The van der Waals surface area contributed by atoms with E-state index in [4.69, 9.17) is 4.42 Å². The molecule has 21 heavy (non-hydrogen) atoms. The van der Waals surface area contributed by atoms with Gasteiger partial charge in [-0.3, -0.25) is 4.79 Å². The van der Waals surface area contributed by atoms with Gasteiger partial charge >= 0.3 is 0 Å². The minimum atomic E-state index is 0.0406. The topological polar surface area (TPSA) is 55.1 Å². The molecule has 4 nitrogen and oxygen atoms in total. The van der Waals surface area contributed by atoms with Gasteiger partial charge in [-0.2, -0.15) is 0 Å². The molecular formula is C16H18N2O2S. The minimum Gasteiger partial charge on any atom is -0.431 e. The lowest BCUT2D eigenvalue weighted by Crippen LogP contribution is -2.35. The zero-order chi connectivity index (χ0) is 14.7. The van der Waals surface area contributed by atoms with Crippen molar-refractivity contribution in [3.05, 3.63) is 36.5 Å². The number of carbonyl (C=O) groups excluding carboxylic acids is 1. The summed E-state index contributed by atoms with van der Waals surface area (Å²) in [5, 5.41) is 3.55. The summed E-state index contributed by atoms with van der Waals surface area (Å²) in [6.45, 7) is 2.07. The average molecular weight is 302 g/mol. The third-order valence-electron chi connectivity index (χ3n) is 3.59. The second-order valence-corrected chi connectivity index (χ2v) is 6.27. The Bertz CT molecular complexity index is 608. The second kappa shape index (κ2) is 6.35. The van der Waals surface area contributed by atoms with E-state index in [0.717, 1.165) is 11.3 Å². The zero-order valence-corrected chi connectivity index (χ0v) is 12.7. The molecule has 0 radical (unpaired) electrons. The first-order valence-corrected chi connectivity index (χ1v) is 8.14. The minimum absolute atomic E-state index is 0.0406. The average Bonchev–Trinajstić information content (AvgIpc) is 3.25. The first kappa shape index (κ1) is 14.2. The smallest absolute Gasteiger partial charge is 0.256 e. The molecule has 5 heteroatoms. The predicted molar refractivity (Wildman–Crippen MR) is 83.0 cm³/mol. The molecule has 1 aliphatic rings. The Labute approximate surface area is 128 Å². The fourth-order valence-electron chi connectivity index (χ4n) is 2.20. The monoisotopic (exact) mass is 302 g/mol. The molecule has 110 valence electrons. The molecule has 1 fully saturated rings. The number of nitrogens with one attached hydrogen (secondary N) is 1. The van der Waals surface area contributed by atoms with Crippen LogP contribution < -0.4 is 5.32 Å². The number of aromatic nitrogens is 1. The Balaban J connectivity index is 1.51. The van der Waals surface area contributed by atoms with Gasteiger partial charge in [0.25, 0.3) is 5.22 Å². The number of thioether (sulfide) groups is 1. The van der Waals surface area contributed by atoms with Crippen molar-refractivity contribution in [2.75, 3.05) is 5.75 Å². The number of rotatable bonds is 6. The largest absolute Gasteiger partial charge is 0.431 e. The maximum absolute atomic E-state index is 11.8. The number of hydrogen-bond donors (Lipinski definition) is 1. The molecule has 1 atom stereocenters. The molecule has 3 rings (SSSR count). The van der Waals surface area contributed by atoms with Crippen molar-refractivity contribution in [3.63, 3.8) is 0 Å². The van der Waals surface area contributed by atoms with E-state index in [1.807, 2.05) is 30.3 Å². The van der Waals surface area contributed by atoms with Crippen LogP contribution in [0.25, 0.3) is 11.3 Å². The molecule has 1 aromatic heterocycles. The fraction of sp³-hybridized carbons (Fsp3) is 0.375. The van der Waals surface area contributed by atoms with Crippen molar-refractivity contribution in [3.8, 4) is 11.3 Å². The van der Waals surface area contributed by atoms with Crippen LogP contribution in [0.5, 0.6) is 0 Å². The summed E-state index contributed by atoms with van der Waals surface area (Å²) < 4.78 is 5.66. The van der Waals surface area contributed by atoms with Crippen LogP contribution >= 0.6 is 11.8 Å². The van der Waals surface area contributed by atoms with E-state index in [9.17, 15) is 4.79 Å². The number of nitrogens with zero attached hydrogens (tertiary/aromatic N) is 1. The quantitative estimate of drug-likeness (QED) is 0.831. The summed E-state index contributed by atoms with van der Waals surface area (Å²) >= 11 is 1.33. The van der Waals surface area contributed by atoms with Gasteiger partial charge in [0, 0.05) is 11.6 Å². The Morgan fingerprint density at radius 2 is 2.19 bits per heavy atom. The van der Waals surface area contributed by atoms with Crippen molar-refractivity contribution < 1.29 is 9.21 Å². The maximum atomic E-state index is 11.8. The van der Waals surface area contributed by atoms with Crippen LogP contribution in [0.1, 0.15) is 19.8 Å². The van der Waals surface area contributed by atoms with Crippen molar-refractivity contribution in [1.29, 1.82) is 0 Å². The Morgan fingerprint density at radius 3 is 2.90 bits per heavy atom. The summed E-state index contributed by atoms with van der Waals surface area (Å²) in [4.78, 5) is 16.0. The van der Waals surface area contributed by atoms with Crippen LogP contribution in [0.15, 0.2) is 46.2 Å². The number of oxazole rings is 1. The molecule has 0 unspecified atom stereocenters.